The molecule has 0 aromatic rings. The zero-order valence-electron chi connectivity index (χ0n) is 25.0. The van der Waals surface area contributed by atoms with Crippen molar-refractivity contribution in [2.45, 2.75) is 142 Å². The number of hydrogen-bond donors (Lipinski definition) is 5. The van der Waals surface area contributed by atoms with Gasteiger partial charge in [-0.15, -0.1) is 0 Å². The Balaban J connectivity index is 4.45. The van der Waals surface area contributed by atoms with Gasteiger partial charge < -0.3 is 27.1 Å². The van der Waals surface area contributed by atoms with Crippen LogP contribution in [0.1, 0.15) is 124 Å². The highest BCUT2D eigenvalue weighted by molar-refractivity contribution is 5.96. The summed E-state index contributed by atoms with van der Waals surface area (Å²) in [5.74, 6) is -1.12. The van der Waals surface area contributed by atoms with Gasteiger partial charge in [-0.2, -0.15) is 4.91 Å². The van der Waals surface area contributed by atoms with E-state index in [0.29, 0.717) is 0 Å². The van der Waals surface area contributed by atoms with Crippen molar-refractivity contribution >= 4 is 23.4 Å². The predicted octanol–water partition coefficient (Wildman–Crippen LogP) is 4.73. The second-order valence-corrected chi connectivity index (χ2v) is 11.0. The summed E-state index contributed by atoms with van der Waals surface area (Å²) >= 11 is 0. The molecule has 0 aromatic heterocycles. The first-order chi connectivity index (χ1) is 18.7. The van der Waals surface area contributed by atoms with Gasteiger partial charge in [0.15, 0.2) is 0 Å². The van der Waals surface area contributed by atoms with Crippen LogP contribution >= 0.6 is 0 Å². The van der Waals surface area contributed by atoms with Gasteiger partial charge in [0.25, 0.3) is 0 Å². The average Bonchev–Trinajstić information content (AvgIpc) is 2.89. The van der Waals surface area contributed by atoms with E-state index in [9.17, 15) is 19.3 Å². The van der Waals surface area contributed by atoms with Crippen molar-refractivity contribution in [1.82, 2.24) is 16.0 Å². The standard InChI is InChI=1S/C29H56N6O4/c1-5-6-7-8-9-10-11-12-13-14-15-16-17-18-27(36)34-25(19-24(31)21-32-39)29(38)33-23(4)28(37)35-26(20-30)22(2)3/h22-23,25-26,31H,5-21,30H2,1-4H3,(H,33,38)(H,34,36)(H,35,37). The highest BCUT2D eigenvalue weighted by atomic mass is 16.3. The van der Waals surface area contributed by atoms with Crippen LogP contribution in [0, 0.1) is 16.2 Å². The molecule has 0 saturated heterocycles. The lowest BCUT2D eigenvalue weighted by Gasteiger charge is -2.25. The van der Waals surface area contributed by atoms with Crippen molar-refractivity contribution in [3.05, 3.63) is 4.91 Å². The van der Waals surface area contributed by atoms with E-state index in [-0.39, 0.29) is 55.4 Å². The monoisotopic (exact) mass is 552 g/mol. The zero-order valence-corrected chi connectivity index (χ0v) is 25.0. The maximum Gasteiger partial charge on any atom is 0.243 e. The van der Waals surface area contributed by atoms with Gasteiger partial charge in [0.05, 0.1) is 0 Å². The molecular formula is C29H56N6O4. The van der Waals surface area contributed by atoms with Crippen LogP contribution in [-0.2, 0) is 14.4 Å². The summed E-state index contributed by atoms with van der Waals surface area (Å²) < 4.78 is 0. The lowest BCUT2D eigenvalue weighted by atomic mass is 10.0. The molecule has 0 aliphatic rings. The topological polar surface area (TPSA) is 167 Å². The van der Waals surface area contributed by atoms with Gasteiger partial charge in [-0.25, -0.2) is 0 Å². The maximum absolute atomic E-state index is 12.9. The summed E-state index contributed by atoms with van der Waals surface area (Å²) in [4.78, 5) is 48.5. The van der Waals surface area contributed by atoms with E-state index < -0.39 is 18.0 Å². The normalized spacial score (nSPS) is 13.4. The minimum absolute atomic E-state index is 0.0634. The van der Waals surface area contributed by atoms with Crippen LogP contribution in [0.2, 0.25) is 0 Å². The Labute approximate surface area is 236 Å². The van der Waals surface area contributed by atoms with E-state index in [1.165, 1.54) is 64.2 Å². The van der Waals surface area contributed by atoms with Crippen molar-refractivity contribution < 1.29 is 14.4 Å². The fourth-order valence-electron chi connectivity index (χ4n) is 4.35. The number of carbonyl (C=O) groups excluding carboxylic acids is 3. The maximum atomic E-state index is 12.9. The summed E-state index contributed by atoms with van der Waals surface area (Å²) in [6.45, 7) is 7.58. The Bertz CT molecular complexity index is 716. The highest BCUT2D eigenvalue weighted by Gasteiger charge is 2.26. The molecule has 10 heteroatoms. The predicted molar refractivity (Wildman–Crippen MR) is 159 cm³/mol. The minimum atomic E-state index is -1.06. The molecule has 3 atom stereocenters. The van der Waals surface area contributed by atoms with Crippen LogP contribution in [0.5, 0.6) is 0 Å². The number of nitrogens with two attached hydrogens (primary N) is 1. The zero-order chi connectivity index (χ0) is 29.5. The van der Waals surface area contributed by atoms with Crippen molar-refractivity contribution in [2.24, 2.45) is 16.8 Å². The lowest BCUT2D eigenvalue weighted by molar-refractivity contribution is -0.132. The Morgan fingerprint density at radius 2 is 1.28 bits per heavy atom. The molecule has 6 N–H and O–H groups in total. The van der Waals surface area contributed by atoms with E-state index in [4.69, 9.17) is 11.1 Å². The molecule has 3 unspecified atom stereocenters. The van der Waals surface area contributed by atoms with Crippen LogP contribution in [0.15, 0.2) is 5.18 Å². The summed E-state index contributed by atoms with van der Waals surface area (Å²) in [5.41, 5.74) is 5.65. The first-order valence-electron chi connectivity index (χ1n) is 15.1. The van der Waals surface area contributed by atoms with Crippen LogP contribution in [0.3, 0.4) is 0 Å². The van der Waals surface area contributed by atoms with Crippen LogP contribution in [-0.4, -0.2) is 54.6 Å². The second kappa shape index (κ2) is 23.5. The molecule has 39 heavy (non-hydrogen) atoms. The number of rotatable bonds is 25. The summed E-state index contributed by atoms with van der Waals surface area (Å²) in [5, 5.41) is 18.7. The summed E-state index contributed by atoms with van der Waals surface area (Å²) in [6, 6.07) is -2.14. The van der Waals surface area contributed by atoms with E-state index in [2.05, 4.69) is 28.1 Å². The molecule has 0 bridgehead atoms. The number of unbranched alkanes of at least 4 members (excludes halogenated alkanes) is 12. The molecular weight excluding hydrogens is 496 g/mol. The van der Waals surface area contributed by atoms with Crippen LogP contribution in [0.25, 0.3) is 0 Å². The third-order valence-electron chi connectivity index (χ3n) is 7.00. The Morgan fingerprint density at radius 3 is 1.74 bits per heavy atom. The summed E-state index contributed by atoms with van der Waals surface area (Å²) in [7, 11) is 0. The molecule has 0 rings (SSSR count). The number of nitrogens with zero attached hydrogens (tertiary/aromatic N) is 1. The Kier molecular flexibility index (Phi) is 22.1. The summed E-state index contributed by atoms with van der Waals surface area (Å²) in [6.07, 6.45) is 15.9. The third kappa shape index (κ3) is 19.4. The van der Waals surface area contributed by atoms with Gasteiger partial charge in [-0.3, -0.25) is 14.4 Å². The molecule has 10 nitrogen and oxygen atoms in total. The van der Waals surface area contributed by atoms with Gasteiger partial charge in [0, 0.05) is 31.1 Å². The first kappa shape index (κ1) is 36.6. The van der Waals surface area contributed by atoms with Crippen molar-refractivity contribution in [1.29, 1.82) is 5.41 Å². The van der Waals surface area contributed by atoms with E-state index in [1.54, 1.807) is 6.92 Å². The van der Waals surface area contributed by atoms with E-state index in [1.807, 2.05) is 13.8 Å². The Hall–Kier alpha value is -2.36. The molecule has 0 aromatic carbocycles. The molecule has 0 aliphatic heterocycles. The van der Waals surface area contributed by atoms with Gasteiger partial charge in [-0.1, -0.05) is 103 Å². The minimum Gasteiger partial charge on any atom is -0.350 e. The molecule has 0 heterocycles. The fourth-order valence-corrected chi connectivity index (χ4v) is 4.35. The van der Waals surface area contributed by atoms with Crippen LogP contribution in [0.4, 0.5) is 0 Å². The van der Waals surface area contributed by atoms with Crippen molar-refractivity contribution in [3.8, 4) is 0 Å². The van der Waals surface area contributed by atoms with Crippen molar-refractivity contribution in [3.63, 3.8) is 0 Å². The molecule has 0 radical (unpaired) electrons. The second-order valence-electron chi connectivity index (χ2n) is 11.0. The molecule has 0 saturated carbocycles. The van der Waals surface area contributed by atoms with E-state index >= 15 is 0 Å². The van der Waals surface area contributed by atoms with Gasteiger partial charge >= 0.3 is 0 Å². The molecule has 3 amide bonds. The SMILES string of the molecule is CCCCCCCCCCCCCCCC(=O)NC(CC(=N)CN=O)C(=O)NC(C)C(=O)NC(CN)C(C)C. The Morgan fingerprint density at radius 1 is 0.769 bits per heavy atom. The largest absolute Gasteiger partial charge is 0.350 e. The smallest absolute Gasteiger partial charge is 0.243 e. The van der Waals surface area contributed by atoms with Gasteiger partial charge in [-0.05, 0) is 19.3 Å². The first-order valence-corrected chi connectivity index (χ1v) is 15.1. The fraction of sp³-hybridized carbons (Fsp3) is 0.862. The van der Waals surface area contributed by atoms with E-state index in [0.717, 1.165) is 19.3 Å². The molecule has 0 spiro atoms. The number of amides is 3. The average molecular weight is 553 g/mol. The number of hydrogen-bond acceptors (Lipinski definition) is 7. The molecule has 0 aliphatic carbocycles. The van der Waals surface area contributed by atoms with Crippen LogP contribution < -0.4 is 21.7 Å². The number of nitrogens with one attached hydrogen (secondary N) is 4. The lowest BCUT2D eigenvalue weighted by Crippen LogP contribution is -2.55. The van der Waals surface area contributed by atoms with Crippen molar-refractivity contribution in [2.75, 3.05) is 13.1 Å². The quantitative estimate of drug-likeness (QED) is 0.0626. The molecule has 0 fully saturated rings. The third-order valence-corrected chi connectivity index (χ3v) is 7.00. The number of nitroso groups, excluding NO2 is 1. The van der Waals surface area contributed by atoms with Gasteiger partial charge in [0.2, 0.25) is 17.7 Å². The van der Waals surface area contributed by atoms with Gasteiger partial charge in [0.1, 0.15) is 18.6 Å². The highest BCUT2D eigenvalue weighted by Crippen LogP contribution is 2.13. The number of carbonyl (C=O) groups is 3. The molecule has 226 valence electrons.